The first-order valence-electron chi connectivity index (χ1n) is 7.00. The summed E-state index contributed by atoms with van der Waals surface area (Å²) in [7, 11) is 0. The van der Waals surface area contributed by atoms with Crippen LogP contribution in [-0.2, 0) is 0 Å². The van der Waals surface area contributed by atoms with E-state index in [9.17, 15) is 0 Å². The van der Waals surface area contributed by atoms with Crippen molar-refractivity contribution < 1.29 is 0 Å². The van der Waals surface area contributed by atoms with Crippen molar-refractivity contribution in [1.82, 2.24) is 10.7 Å². The maximum atomic E-state index is 5.16. The molecule has 3 rings (SSSR count). The topological polar surface area (TPSA) is 36.4 Å². The molecular weight excluding hydrogens is 242 g/mol. The van der Waals surface area contributed by atoms with Crippen molar-refractivity contribution in [2.45, 2.75) is 32.1 Å². The van der Waals surface area contributed by atoms with Crippen LogP contribution < -0.4 is 10.7 Å². The van der Waals surface area contributed by atoms with Crippen LogP contribution in [-0.4, -0.2) is 17.4 Å². The third kappa shape index (κ3) is 2.07. The molecule has 2 N–H and O–H groups in total. The Morgan fingerprint density at radius 3 is 3.11 bits per heavy atom. The average Bonchev–Trinajstić information content (AvgIpc) is 3.04. The molecule has 0 saturated heterocycles. The van der Waals surface area contributed by atoms with E-state index >= 15 is 0 Å². The highest BCUT2D eigenvalue weighted by molar-refractivity contribution is 7.80. The van der Waals surface area contributed by atoms with Crippen LogP contribution in [0.5, 0.6) is 0 Å². The van der Waals surface area contributed by atoms with Gasteiger partial charge in [-0.3, -0.25) is 5.43 Å². The first kappa shape index (κ1) is 12.2. The predicted octanol–water partition coefficient (Wildman–Crippen LogP) is 2.45. The highest BCUT2D eigenvalue weighted by Crippen LogP contribution is 2.57. The Kier molecular flexibility index (Phi) is 3.37. The highest BCUT2D eigenvalue weighted by Gasteiger charge is 2.52. The van der Waals surface area contributed by atoms with Gasteiger partial charge in [0.25, 0.3) is 0 Å². The van der Waals surface area contributed by atoms with Crippen LogP contribution in [0, 0.1) is 23.7 Å². The molecule has 98 valence electrons. The largest absolute Gasteiger partial charge is 0.358 e. The second-order valence-electron chi connectivity index (χ2n) is 5.78. The Morgan fingerprint density at radius 2 is 2.28 bits per heavy atom. The average molecular weight is 263 g/mol. The molecule has 3 fully saturated rings. The van der Waals surface area contributed by atoms with E-state index in [1.54, 1.807) is 6.08 Å². The van der Waals surface area contributed by atoms with Crippen molar-refractivity contribution in [3.05, 3.63) is 12.7 Å². The summed E-state index contributed by atoms with van der Waals surface area (Å²) < 4.78 is 0. The Hall–Kier alpha value is -0.900. The summed E-state index contributed by atoms with van der Waals surface area (Å²) in [6, 6.07) is 0. The number of thiocarbonyl (C=S) groups is 1. The van der Waals surface area contributed by atoms with Crippen molar-refractivity contribution in [2.24, 2.45) is 28.8 Å². The number of hydrazone groups is 1. The fourth-order valence-electron chi connectivity index (χ4n) is 4.27. The van der Waals surface area contributed by atoms with Gasteiger partial charge in [-0.25, -0.2) is 0 Å². The van der Waals surface area contributed by atoms with Gasteiger partial charge in [0.1, 0.15) is 0 Å². The minimum absolute atomic E-state index is 0.605. The molecule has 0 amide bonds. The van der Waals surface area contributed by atoms with Gasteiger partial charge < -0.3 is 5.32 Å². The summed E-state index contributed by atoms with van der Waals surface area (Å²) in [5.41, 5.74) is 4.35. The maximum Gasteiger partial charge on any atom is 0.187 e. The first-order valence-corrected chi connectivity index (χ1v) is 7.41. The standard InChI is InChI=1S/C14H21N3S/c1-2-6-15-14(18)17-16-13-8-9-7-12(13)11-5-3-4-10(9)11/h2,9-12H,1,3-8H2,(H2,15,17,18)/t9-,10-,11-,12+/m1/s1. The van der Waals surface area contributed by atoms with Gasteiger partial charge in [-0.05, 0) is 55.7 Å². The lowest BCUT2D eigenvalue weighted by Crippen LogP contribution is -2.34. The molecule has 0 unspecified atom stereocenters. The van der Waals surface area contributed by atoms with Crippen LogP contribution in [0.4, 0.5) is 0 Å². The summed E-state index contributed by atoms with van der Waals surface area (Å²) in [5.74, 6) is 3.61. The van der Waals surface area contributed by atoms with E-state index in [0.29, 0.717) is 11.7 Å². The smallest absolute Gasteiger partial charge is 0.187 e. The molecule has 3 saturated carbocycles. The molecule has 4 heteroatoms. The van der Waals surface area contributed by atoms with Crippen molar-refractivity contribution in [3.8, 4) is 0 Å². The molecule has 0 spiro atoms. The van der Waals surface area contributed by atoms with E-state index in [1.165, 1.54) is 37.8 Å². The van der Waals surface area contributed by atoms with Gasteiger partial charge >= 0.3 is 0 Å². The fraction of sp³-hybridized carbons (Fsp3) is 0.714. The molecule has 18 heavy (non-hydrogen) atoms. The molecular formula is C14H21N3S. The lowest BCUT2D eigenvalue weighted by molar-refractivity contribution is 0.333. The zero-order chi connectivity index (χ0) is 12.5. The number of nitrogens with zero attached hydrogens (tertiary/aromatic N) is 1. The Morgan fingerprint density at radius 1 is 1.44 bits per heavy atom. The van der Waals surface area contributed by atoms with E-state index in [1.807, 2.05) is 0 Å². The fourth-order valence-corrected chi connectivity index (χ4v) is 4.40. The van der Waals surface area contributed by atoms with Crippen LogP contribution in [0.1, 0.15) is 32.1 Å². The van der Waals surface area contributed by atoms with Crippen molar-refractivity contribution in [3.63, 3.8) is 0 Å². The number of rotatable bonds is 3. The SMILES string of the molecule is C=CCNC(=S)NN=C1C[C@H]2C[C@H]1[C@@H]1CCC[C@H]21. The molecule has 0 aromatic rings. The van der Waals surface area contributed by atoms with Gasteiger partial charge in [-0.2, -0.15) is 5.10 Å². The summed E-state index contributed by atoms with van der Waals surface area (Å²) in [6.07, 6.45) is 8.69. The quantitative estimate of drug-likeness (QED) is 0.466. The Bertz CT molecular complexity index is 391. The number of fused-ring (bicyclic) bond motifs is 5. The van der Waals surface area contributed by atoms with Gasteiger partial charge in [0.05, 0.1) is 0 Å². The normalized spacial score (nSPS) is 38.8. The summed E-state index contributed by atoms with van der Waals surface area (Å²) >= 11 is 5.16. The molecule has 3 aliphatic rings. The third-order valence-corrected chi connectivity index (χ3v) is 5.15. The Balaban J connectivity index is 1.58. The highest BCUT2D eigenvalue weighted by atomic mass is 32.1. The third-order valence-electron chi connectivity index (χ3n) is 4.91. The van der Waals surface area contributed by atoms with Crippen LogP contribution in [0.15, 0.2) is 17.8 Å². The lowest BCUT2D eigenvalue weighted by atomic mass is 9.81. The number of nitrogens with one attached hydrogen (secondary N) is 2. The van der Waals surface area contributed by atoms with Crippen molar-refractivity contribution in [2.75, 3.05) is 6.54 Å². The van der Waals surface area contributed by atoms with Gasteiger partial charge in [-0.1, -0.05) is 12.5 Å². The predicted molar refractivity (Wildman–Crippen MR) is 78.4 cm³/mol. The molecule has 0 heterocycles. The van der Waals surface area contributed by atoms with Gasteiger partial charge in [0.15, 0.2) is 5.11 Å². The molecule has 3 aliphatic carbocycles. The van der Waals surface area contributed by atoms with Gasteiger partial charge in [0, 0.05) is 18.2 Å². The van der Waals surface area contributed by atoms with E-state index in [0.717, 1.165) is 23.7 Å². The second-order valence-corrected chi connectivity index (χ2v) is 6.19. The van der Waals surface area contributed by atoms with Crippen LogP contribution in [0.25, 0.3) is 0 Å². The van der Waals surface area contributed by atoms with Crippen LogP contribution in [0.2, 0.25) is 0 Å². The van der Waals surface area contributed by atoms with E-state index in [-0.39, 0.29) is 0 Å². The van der Waals surface area contributed by atoms with Crippen LogP contribution >= 0.6 is 12.2 Å². The molecule has 4 atom stereocenters. The van der Waals surface area contributed by atoms with E-state index in [4.69, 9.17) is 12.2 Å². The lowest BCUT2D eigenvalue weighted by Gasteiger charge is -2.25. The molecule has 0 aromatic carbocycles. The minimum Gasteiger partial charge on any atom is -0.358 e. The van der Waals surface area contributed by atoms with Gasteiger partial charge in [0.2, 0.25) is 0 Å². The zero-order valence-corrected chi connectivity index (χ0v) is 11.5. The number of hydrogen-bond acceptors (Lipinski definition) is 2. The number of hydrogen-bond donors (Lipinski definition) is 2. The first-order chi connectivity index (χ1) is 8.79. The molecule has 0 aromatic heterocycles. The van der Waals surface area contributed by atoms with Gasteiger partial charge in [-0.15, -0.1) is 6.58 Å². The summed E-state index contributed by atoms with van der Waals surface area (Å²) in [6.45, 7) is 4.34. The van der Waals surface area contributed by atoms with E-state index in [2.05, 4.69) is 22.4 Å². The Labute approximate surface area is 114 Å². The maximum absolute atomic E-state index is 5.16. The minimum atomic E-state index is 0.605. The summed E-state index contributed by atoms with van der Waals surface area (Å²) in [4.78, 5) is 0. The molecule has 2 bridgehead atoms. The second kappa shape index (κ2) is 5.00. The van der Waals surface area contributed by atoms with Crippen molar-refractivity contribution in [1.29, 1.82) is 0 Å². The monoisotopic (exact) mass is 263 g/mol. The molecule has 0 radical (unpaired) electrons. The van der Waals surface area contributed by atoms with E-state index < -0.39 is 0 Å². The van der Waals surface area contributed by atoms with Crippen LogP contribution in [0.3, 0.4) is 0 Å². The molecule has 3 nitrogen and oxygen atoms in total. The molecule has 0 aliphatic heterocycles. The van der Waals surface area contributed by atoms with Crippen molar-refractivity contribution >= 4 is 23.0 Å². The zero-order valence-electron chi connectivity index (χ0n) is 10.7. The summed E-state index contributed by atoms with van der Waals surface area (Å²) in [5, 5.41) is 8.19.